The van der Waals surface area contributed by atoms with Crippen LogP contribution in [-0.4, -0.2) is 5.11 Å². The third-order valence-electron chi connectivity index (χ3n) is 2.59. The number of phenolic OH excluding ortho intramolecular Hbond substituents is 1. The maximum Gasteiger partial charge on any atom is 0.115 e. The van der Waals surface area contributed by atoms with E-state index in [1.54, 1.807) is 24.3 Å². The molecule has 0 saturated heterocycles. The summed E-state index contributed by atoms with van der Waals surface area (Å²) < 4.78 is 0. The van der Waals surface area contributed by atoms with Gasteiger partial charge in [-0.2, -0.15) is 0 Å². The number of phenols is 1. The first-order valence-corrected chi connectivity index (χ1v) is 6.46. The molecule has 0 heterocycles. The Morgan fingerprint density at radius 1 is 0.500 bits per heavy atom. The molecule has 3 aromatic rings. The SMILES string of the molecule is Oc1ccccc1.c1ccc(Nc2ccccc2)cc1. The van der Waals surface area contributed by atoms with Gasteiger partial charge in [-0.15, -0.1) is 0 Å². The highest BCUT2D eigenvalue weighted by Crippen LogP contribution is 2.14. The number of aromatic hydroxyl groups is 1. The van der Waals surface area contributed by atoms with Gasteiger partial charge >= 0.3 is 0 Å². The Kier molecular flexibility index (Phi) is 5.23. The summed E-state index contributed by atoms with van der Waals surface area (Å²) in [5.74, 6) is 0.322. The van der Waals surface area contributed by atoms with Crippen LogP contribution in [0.3, 0.4) is 0 Å². The van der Waals surface area contributed by atoms with Gasteiger partial charge in [0.2, 0.25) is 0 Å². The molecule has 2 nitrogen and oxygen atoms in total. The van der Waals surface area contributed by atoms with Crippen LogP contribution in [0.25, 0.3) is 0 Å². The standard InChI is InChI=1S/C12H11N.C6H6O/c1-3-7-11(8-4-1)13-12-9-5-2-6-10-12;7-6-4-2-1-3-5-6/h1-10,13H;1-5,7H. The predicted molar refractivity (Wildman–Crippen MR) is 84.3 cm³/mol. The highest BCUT2D eigenvalue weighted by molar-refractivity contribution is 5.58. The lowest BCUT2D eigenvalue weighted by molar-refractivity contribution is 0.475. The topological polar surface area (TPSA) is 32.3 Å². The molecule has 0 aliphatic carbocycles. The average Bonchev–Trinajstić information content (AvgIpc) is 2.51. The van der Waals surface area contributed by atoms with Gasteiger partial charge in [-0.25, -0.2) is 0 Å². The summed E-state index contributed by atoms with van der Waals surface area (Å²) in [6, 6.07) is 29.0. The molecule has 0 atom stereocenters. The number of hydrogen-bond donors (Lipinski definition) is 2. The molecule has 0 bridgehead atoms. The third-order valence-corrected chi connectivity index (χ3v) is 2.59. The van der Waals surface area contributed by atoms with Gasteiger partial charge in [-0.3, -0.25) is 0 Å². The summed E-state index contributed by atoms with van der Waals surface area (Å²) in [6.07, 6.45) is 0. The van der Waals surface area contributed by atoms with E-state index in [4.69, 9.17) is 5.11 Å². The van der Waals surface area contributed by atoms with Crippen LogP contribution >= 0.6 is 0 Å². The molecule has 0 unspecified atom stereocenters. The maximum absolute atomic E-state index is 8.63. The van der Waals surface area contributed by atoms with Gasteiger partial charge in [-0.1, -0.05) is 54.6 Å². The van der Waals surface area contributed by atoms with Crippen molar-refractivity contribution in [3.05, 3.63) is 91.0 Å². The Balaban J connectivity index is 0.000000178. The Morgan fingerprint density at radius 2 is 0.850 bits per heavy atom. The number of para-hydroxylation sites is 3. The molecular weight excluding hydrogens is 246 g/mol. The minimum atomic E-state index is 0.322. The second-order valence-electron chi connectivity index (χ2n) is 4.19. The number of benzene rings is 3. The Bertz CT molecular complexity index is 557. The lowest BCUT2D eigenvalue weighted by Crippen LogP contribution is -1.87. The van der Waals surface area contributed by atoms with E-state index in [0.29, 0.717) is 5.75 Å². The van der Waals surface area contributed by atoms with Crippen LogP contribution in [-0.2, 0) is 0 Å². The van der Waals surface area contributed by atoms with Crippen LogP contribution in [0.15, 0.2) is 91.0 Å². The molecule has 0 aromatic heterocycles. The van der Waals surface area contributed by atoms with Gasteiger partial charge in [0.25, 0.3) is 0 Å². The number of rotatable bonds is 2. The molecule has 2 N–H and O–H groups in total. The second kappa shape index (κ2) is 7.64. The van der Waals surface area contributed by atoms with E-state index in [9.17, 15) is 0 Å². The Morgan fingerprint density at radius 3 is 1.15 bits per heavy atom. The molecule has 0 aliphatic heterocycles. The molecular formula is C18H17NO. The lowest BCUT2D eigenvalue weighted by Gasteiger charge is -2.04. The van der Waals surface area contributed by atoms with E-state index in [0.717, 1.165) is 11.4 Å². The van der Waals surface area contributed by atoms with Gasteiger partial charge in [-0.05, 0) is 36.4 Å². The van der Waals surface area contributed by atoms with E-state index in [1.165, 1.54) is 0 Å². The van der Waals surface area contributed by atoms with Crippen LogP contribution in [0.5, 0.6) is 5.75 Å². The fourth-order valence-corrected chi connectivity index (χ4v) is 1.64. The summed E-state index contributed by atoms with van der Waals surface area (Å²) >= 11 is 0. The van der Waals surface area contributed by atoms with Crippen molar-refractivity contribution in [3.8, 4) is 5.75 Å². The zero-order valence-corrected chi connectivity index (χ0v) is 11.1. The first kappa shape index (κ1) is 13.7. The van der Waals surface area contributed by atoms with Crippen molar-refractivity contribution in [2.24, 2.45) is 0 Å². The highest BCUT2D eigenvalue weighted by atomic mass is 16.3. The first-order valence-electron chi connectivity index (χ1n) is 6.46. The van der Waals surface area contributed by atoms with Crippen molar-refractivity contribution in [1.82, 2.24) is 0 Å². The first-order chi connectivity index (χ1) is 9.84. The van der Waals surface area contributed by atoms with Gasteiger partial charge < -0.3 is 10.4 Å². The van der Waals surface area contributed by atoms with Crippen LogP contribution in [0, 0.1) is 0 Å². The molecule has 2 heteroatoms. The van der Waals surface area contributed by atoms with E-state index >= 15 is 0 Å². The smallest absolute Gasteiger partial charge is 0.115 e. The Hall–Kier alpha value is -2.74. The largest absolute Gasteiger partial charge is 0.508 e. The van der Waals surface area contributed by atoms with E-state index in [2.05, 4.69) is 5.32 Å². The summed E-state index contributed by atoms with van der Waals surface area (Å²) in [4.78, 5) is 0. The van der Waals surface area contributed by atoms with Gasteiger partial charge in [0.05, 0.1) is 0 Å². The van der Waals surface area contributed by atoms with Crippen molar-refractivity contribution < 1.29 is 5.11 Å². The van der Waals surface area contributed by atoms with Gasteiger partial charge in [0.1, 0.15) is 5.75 Å². The molecule has 100 valence electrons. The molecule has 0 amide bonds. The maximum atomic E-state index is 8.63. The Labute approximate surface area is 119 Å². The predicted octanol–water partition coefficient (Wildman–Crippen LogP) is 4.82. The van der Waals surface area contributed by atoms with Crippen molar-refractivity contribution in [2.45, 2.75) is 0 Å². The van der Waals surface area contributed by atoms with Gasteiger partial charge in [0.15, 0.2) is 0 Å². The lowest BCUT2D eigenvalue weighted by atomic mass is 10.3. The monoisotopic (exact) mass is 263 g/mol. The molecule has 0 spiro atoms. The van der Waals surface area contributed by atoms with Crippen molar-refractivity contribution in [2.75, 3.05) is 5.32 Å². The normalized spacial score (nSPS) is 9.20. The summed E-state index contributed by atoms with van der Waals surface area (Å²) in [6.45, 7) is 0. The molecule has 0 saturated carbocycles. The minimum absolute atomic E-state index is 0.322. The van der Waals surface area contributed by atoms with Crippen molar-refractivity contribution in [3.63, 3.8) is 0 Å². The van der Waals surface area contributed by atoms with E-state index < -0.39 is 0 Å². The summed E-state index contributed by atoms with van der Waals surface area (Å²) in [5.41, 5.74) is 2.24. The molecule has 0 radical (unpaired) electrons. The van der Waals surface area contributed by atoms with E-state index in [1.807, 2.05) is 66.7 Å². The number of nitrogens with one attached hydrogen (secondary N) is 1. The van der Waals surface area contributed by atoms with Crippen molar-refractivity contribution >= 4 is 11.4 Å². The summed E-state index contributed by atoms with van der Waals surface area (Å²) in [5, 5.41) is 11.9. The van der Waals surface area contributed by atoms with Crippen LogP contribution < -0.4 is 5.32 Å². The molecule has 3 rings (SSSR count). The van der Waals surface area contributed by atoms with Gasteiger partial charge in [0, 0.05) is 11.4 Å². The molecule has 3 aromatic carbocycles. The molecule has 0 fully saturated rings. The third kappa shape index (κ3) is 4.86. The average molecular weight is 263 g/mol. The zero-order chi connectivity index (χ0) is 14.0. The quantitative estimate of drug-likeness (QED) is 0.694. The zero-order valence-electron chi connectivity index (χ0n) is 11.1. The van der Waals surface area contributed by atoms with E-state index in [-0.39, 0.29) is 0 Å². The second-order valence-corrected chi connectivity index (χ2v) is 4.19. The number of hydrogen-bond acceptors (Lipinski definition) is 2. The van der Waals surface area contributed by atoms with Crippen LogP contribution in [0.4, 0.5) is 11.4 Å². The molecule has 0 aliphatic rings. The van der Waals surface area contributed by atoms with Crippen LogP contribution in [0.2, 0.25) is 0 Å². The highest BCUT2D eigenvalue weighted by Gasteiger charge is 1.89. The molecule has 20 heavy (non-hydrogen) atoms. The number of anilines is 2. The fourth-order valence-electron chi connectivity index (χ4n) is 1.64. The fraction of sp³-hybridized carbons (Fsp3) is 0. The van der Waals surface area contributed by atoms with Crippen LogP contribution in [0.1, 0.15) is 0 Å². The summed E-state index contributed by atoms with van der Waals surface area (Å²) in [7, 11) is 0. The minimum Gasteiger partial charge on any atom is -0.508 e. The van der Waals surface area contributed by atoms with Crippen molar-refractivity contribution in [1.29, 1.82) is 0 Å².